The maximum absolute atomic E-state index is 12.6. The number of carbonyl (C=O) groups is 2. The lowest BCUT2D eigenvalue weighted by molar-refractivity contribution is 0.103. The lowest BCUT2D eigenvalue weighted by Crippen LogP contribution is -1.94. The van der Waals surface area contributed by atoms with Gasteiger partial charge in [-0.3, -0.25) is 9.59 Å². The highest BCUT2D eigenvalue weighted by Gasteiger charge is 2.05. The third kappa shape index (κ3) is 7.30. The second kappa shape index (κ2) is 12.9. The zero-order valence-corrected chi connectivity index (χ0v) is 21.6. The van der Waals surface area contributed by atoms with Gasteiger partial charge in [0.25, 0.3) is 0 Å². The molecule has 0 saturated heterocycles. The summed E-state index contributed by atoms with van der Waals surface area (Å²) in [5, 5.41) is 0. The first-order chi connectivity index (χ1) is 19.6. The lowest BCUT2D eigenvalue weighted by atomic mass is 10.1. The van der Waals surface area contributed by atoms with Crippen LogP contribution in [0.4, 0.5) is 0 Å². The molecule has 5 aromatic carbocycles. The van der Waals surface area contributed by atoms with E-state index in [9.17, 15) is 9.59 Å². The van der Waals surface area contributed by atoms with E-state index in [-0.39, 0.29) is 11.6 Å². The first-order valence-electron chi connectivity index (χ1n) is 12.8. The molecule has 0 spiro atoms. The van der Waals surface area contributed by atoms with Gasteiger partial charge in [0.2, 0.25) is 0 Å². The zero-order chi connectivity index (χ0) is 27.6. The molecule has 0 fully saturated rings. The number of allylic oxidation sites excluding steroid dienone is 2. The topological polar surface area (TPSA) is 52.6 Å². The van der Waals surface area contributed by atoms with Crippen molar-refractivity contribution in [1.82, 2.24) is 0 Å². The fourth-order valence-corrected chi connectivity index (χ4v) is 3.88. The molecule has 0 radical (unpaired) electrons. The highest BCUT2D eigenvalue weighted by molar-refractivity contribution is 6.07. The van der Waals surface area contributed by atoms with Crippen molar-refractivity contribution >= 4 is 23.7 Å². The second-order valence-electron chi connectivity index (χ2n) is 8.94. The van der Waals surface area contributed by atoms with Crippen molar-refractivity contribution in [3.8, 4) is 23.0 Å². The van der Waals surface area contributed by atoms with Crippen LogP contribution < -0.4 is 9.47 Å². The van der Waals surface area contributed by atoms with Gasteiger partial charge in [0.05, 0.1) is 0 Å². The normalized spacial score (nSPS) is 11.0. The van der Waals surface area contributed by atoms with Gasteiger partial charge in [-0.25, -0.2) is 0 Å². The van der Waals surface area contributed by atoms with Crippen LogP contribution in [0.25, 0.3) is 12.2 Å². The number of para-hydroxylation sites is 2. The van der Waals surface area contributed by atoms with Gasteiger partial charge < -0.3 is 9.47 Å². The summed E-state index contributed by atoms with van der Waals surface area (Å²) in [6.45, 7) is 0. The van der Waals surface area contributed by atoms with Gasteiger partial charge in [-0.1, -0.05) is 72.8 Å². The first kappa shape index (κ1) is 26.1. The molecule has 0 aliphatic carbocycles. The summed E-state index contributed by atoms with van der Waals surface area (Å²) < 4.78 is 11.6. The molecule has 5 aromatic rings. The molecule has 0 saturated carbocycles. The summed E-state index contributed by atoms with van der Waals surface area (Å²) in [5.41, 5.74) is 2.92. The Morgan fingerprint density at radius 2 is 0.725 bits per heavy atom. The minimum atomic E-state index is -0.0963. The third-order valence-corrected chi connectivity index (χ3v) is 6.03. The van der Waals surface area contributed by atoms with Crippen LogP contribution in [0.1, 0.15) is 31.8 Å². The number of carbonyl (C=O) groups excluding carboxylic acids is 2. The van der Waals surface area contributed by atoms with Crippen LogP contribution in [0.3, 0.4) is 0 Å². The largest absolute Gasteiger partial charge is 0.457 e. The monoisotopic (exact) mass is 522 g/mol. The summed E-state index contributed by atoms with van der Waals surface area (Å²) in [7, 11) is 0. The van der Waals surface area contributed by atoms with E-state index in [0.717, 1.165) is 22.6 Å². The Kier molecular flexibility index (Phi) is 8.40. The molecular formula is C36H26O4. The fourth-order valence-electron chi connectivity index (χ4n) is 3.88. The summed E-state index contributed by atoms with van der Waals surface area (Å²) in [4.78, 5) is 25.2. The SMILES string of the molecule is O=C(/C=C/c1ccc(/C=C/C(=O)c2ccc(Oc3ccccc3)cc2)cc1)c1ccc(Oc2ccccc2)cc1. The van der Waals surface area contributed by atoms with Crippen LogP contribution in [0.2, 0.25) is 0 Å². The van der Waals surface area contributed by atoms with Crippen molar-refractivity contribution in [2.45, 2.75) is 0 Å². The van der Waals surface area contributed by atoms with Gasteiger partial charge in [0.15, 0.2) is 11.6 Å². The van der Waals surface area contributed by atoms with Gasteiger partial charge in [-0.05, 0) is 96.1 Å². The molecule has 0 aliphatic rings. The number of rotatable bonds is 10. The Hall–Kier alpha value is -5.48. The average molecular weight is 523 g/mol. The van der Waals surface area contributed by atoms with Crippen LogP contribution in [-0.2, 0) is 0 Å². The van der Waals surface area contributed by atoms with Gasteiger partial charge in [0.1, 0.15) is 23.0 Å². The number of ketones is 2. The molecule has 5 rings (SSSR count). The molecule has 194 valence electrons. The van der Waals surface area contributed by atoms with Crippen molar-refractivity contribution < 1.29 is 19.1 Å². The van der Waals surface area contributed by atoms with Gasteiger partial charge in [-0.15, -0.1) is 0 Å². The average Bonchev–Trinajstić information content (AvgIpc) is 3.01. The van der Waals surface area contributed by atoms with Crippen LogP contribution in [0, 0.1) is 0 Å². The summed E-state index contributed by atoms with van der Waals surface area (Å²) in [6.07, 6.45) is 6.64. The molecule has 0 aromatic heterocycles. The molecule has 0 aliphatic heterocycles. The van der Waals surface area contributed by atoms with E-state index in [4.69, 9.17) is 9.47 Å². The standard InChI is InChI=1S/C36H26O4/c37-35(29-17-21-33(22-18-29)39-31-7-3-1-4-8-31)25-15-27-11-13-28(14-12-27)16-26-36(38)30-19-23-34(24-20-30)40-32-9-5-2-6-10-32/h1-26H/b25-15+,26-16+. The smallest absolute Gasteiger partial charge is 0.185 e. The van der Waals surface area contributed by atoms with Crippen LogP contribution in [0.5, 0.6) is 23.0 Å². The highest BCUT2D eigenvalue weighted by Crippen LogP contribution is 2.23. The molecule has 4 nitrogen and oxygen atoms in total. The molecule has 0 bridgehead atoms. The van der Waals surface area contributed by atoms with E-state index in [2.05, 4.69) is 0 Å². The zero-order valence-electron chi connectivity index (χ0n) is 21.6. The quantitative estimate of drug-likeness (QED) is 0.136. The van der Waals surface area contributed by atoms with Crippen molar-refractivity contribution in [2.75, 3.05) is 0 Å². The van der Waals surface area contributed by atoms with Crippen LogP contribution >= 0.6 is 0 Å². The number of benzene rings is 5. The van der Waals surface area contributed by atoms with E-state index in [1.807, 2.05) is 84.9 Å². The van der Waals surface area contributed by atoms with E-state index in [1.54, 1.807) is 72.8 Å². The third-order valence-electron chi connectivity index (χ3n) is 6.03. The maximum Gasteiger partial charge on any atom is 0.185 e. The molecular weight excluding hydrogens is 496 g/mol. The minimum absolute atomic E-state index is 0.0963. The molecule has 0 N–H and O–H groups in total. The Morgan fingerprint density at radius 1 is 0.400 bits per heavy atom. The molecule has 0 heterocycles. The first-order valence-corrected chi connectivity index (χ1v) is 12.8. The van der Waals surface area contributed by atoms with Gasteiger partial charge in [0, 0.05) is 11.1 Å². The van der Waals surface area contributed by atoms with Crippen molar-refractivity contribution in [3.63, 3.8) is 0 Å². The molecule has 0 unspecified atom stereocenters. The number of hydrogen-bond donors (Lipinski definition) is 0. The Balaban J connectivity index is 1.13. The van der Waals surface area contributed by atoms with Crippen LogP contribution in [-0.4, -0.2) is 11.6 Å². The number of hydrogen-bond acceptors (Lipinski definition) is 4. The van der Waals surface area contributed by atoms with Crippen molar-refractivity contribution in [2.24, 2.45) is 0 Å². The van der Waals surface area contributed by atoms with E-state index in [0.29, 0.717) is 22.6 Å². The predicted molar refractivity (Wildman–Crippen MR) is 159 cm³/mol. The predicted octanol–water partition coefficient (Wildman–Crippen LogP) is 9.06. The summed E-state index contributed by atoms with van der Waals surface area (Å²) in [5.74, 6) is 2.63. The minimum Gasteiger partial charge on any atom is -0.457 e. The van der Waals surface area contributed by atoms with E-state index >= 15 is 0 Å². The van der Waals surface area contributed by atoms with Gasteiger partial charge in [-0.2, -0.15) is 0 Å². The Labute approximate surface area is 233 Å². The van der Waals surface area contributed by atoms with Gasteiger partial charge >= 0.3 is 0 Å². The number of ether oxygens (including phenoxy) is 2. The van der Waals surface area contributed by atoms with Crippen molar-refractivity contribution in [1.29, 1.82) is 0 Å². The Bertz CT molecular complexity index is 1490. The maximum atomic E-state index is 12.6. The van der Waals surface area contributed by atoms with Crippen molar-refractivity contribution in [3.05, 3.63) is 168 Å². The molecule has 0 amide bonds. The Morgan fingerprint density at radius 3 is 1.07 bits per heavy atom. The summed E-state index contributed by atoms with van der Waals surface area (Å²) >= 11 is 0. The highest BCUT2D eigenvalue weighted by atomic mass is 16.5. The lowest BCUT2D eigenvalue weighted by Gasteiger charge is -2.05. The summed E-state index contributed by atoms with van der Waals surface area (Å²) in [6, 6.07) is 40.7. The van der Waals surface area contributed by atoms with E-state index < -0.39 is 0 Å². The fraction of sp³-hybridized carbons (Fsp3) is 0. The molecule has 0 atom stereocenters. The molecule has 40 heavy (non-hydrogen) atoms. The van der Waals surface area contributed by atoms with E-state index in [1.165, 1.54) is 0 Å². The van der Waals surface area contributed by atoms with Crippen LogP contribution in [0.15, 0.2) is 146 Å². The molecule has 4 heteroatoms. The second-order valence-corrected chi connectivity index (χ2v) is 8.94.